The maximum Gasteiger partial charge on any atom is 0.269 e. The number of hydrogen-bond acceptors (Lipinski definition) is 5. The average molecular weight is 275 g/mol. The summed E-state index contributed by atoms with van der Waals surface area (Å²) < 4.78 is 6.13. The Hall–Kier alpha value is -2.37. The van der Waals surface area contributed by atoms with Gasteiger partial charge in [-0.05, 0) is 18.6 Å². The van der Waals surface area contributed by atoms with Gasteiger partial charge in [-0.1, -0.05) is 6.92 Å². The second kappa shape index (κ2) is 6.18. The quantitative estimate of drug-likeness (QED) is 0.748. The van der Waals surface area contributed by atoms with E-state index in [1.165, 1.54) is 12.3 Å². The predicted molar refractivity (Wildman–Crippen MR) is 75.1 cm³/mol. The van der Waals surface area contributed by atoms with Crippen molar-refractivity contribution in [3.05, 3.63) is 46.8 Å². The van der Waals surface area contributed by atoms with Crippen LogP contribution < -0.4 is 10.5 Å². The van der Waals surface area contributed by atoms with Crippen LogP contribution in [-0.2, 0) is 6.54 Å². The number of rotatable bonds is 6. The molecule has 0 spiro atoms. The Morgan fingerprint density at radius 3 is 2.90 bits per heavy atom. The highest BCUT2D eigenvalue weighted by Gasteiger charge is 2.12. The summed E-state index contributed by atoms with van der Waals surface area (Å²) in [5.74, 6) is -0.0508. The molecule has 106 valence electrons. The monoisotopic (exact) mass is 275 g/mol. The Bertz CT molecular complexity index is 631. The molecule has 0 saturated carbocycles. The van der Waals surface area contributed by atoms with E-state index in [0.29, 0.717) is 0 Å². The highest BCUT2D eigenvalue weighted by molar-refractivity contribution is 5.93. The van der Waals surface area contributed by atoms with E-state index in [4.69, 9.17) is 4.42 Å². The van der Waals surface area contributed by atoms with Crippen LogP contribution in [0.5, 0.6) is 0 Å². The number of nitrogens with zero attached hydrogens (tertiary/aromatic N) is 3. The summed E-state index contributed by atoms with van der Waals surface area (Å²) in [5, 5.41) is 4.03. The van der Waals surface area contributed by atoms with Gasteiger partial charge in [0, 0.05) is 19.7 Å². The second-order valence-corrected chi connectivity index (χ2v) is 4.53. The van der Waals surface area contributed by atoms with E-state index < -0.39 is 0 Å². The van der Waals surface area contributed by atoms with Crippen molar-refractivity contribution in [3.63, 3.8) is 0 Å². The molecule has 0 aliphatic carbocycles. The van der Waals surface area contributed by atoms with Crippen LogP contribution in [0.2, 0.25) is 0 Å². The number of hydrogen-bond donors (Lipinski definition) is 0. The summed E-state index contributed by atoms with van der Waals surface area (Å²) in [6.45, 7) is 2.79. The van der Waals surface area contributed by atoms with E-state index in [9.17, 15) is 9.59 Å². The van der Waals surface area contributed by atoms with Gasteiger partial charge >= 0.3 is 0 Å². The first-order valence-corrected chi connectivity index (χ1v) is 6.47. The highest BCUT2D eigenvalue weighted by atomic mass is 16.3. The van der Waals surface area contributed by atoms with E-state index >= 15 is 0 Å². The van der Waals surface area contributed by atoms with Gasteiger partial charge in [0.1, 0.15) is 6.54 Å². The predicted octanol–water partition coefficient (Wildman–Crippen LogP) is 1.57. The highest BCUT2D eigenvalue weighted by Crippen LogP contribution is 2.07. The van der Waals surface area contributed by atoms with Gasteiger partial charge in [0.25, 0.3) is 5.56 Å². The molecule has 2 aromatic heterocycles. The van der Waals surface area contributed by atoms with Crippen molar-refractivity contribution in [1.29, 1.82) is 0 Å². The lowest BCUT2D eigenvalue weighted by molar-refractivity contribution is 0.0938. The van der Waals surface area contributed by atoms with Crippen molar-refractivity contribution < 1.29 is 9.21 Å². The summed E-state index contributed by atoms with van der Waals surface area (Å²) in [6, 6.07) is 4.68. The normalized spacial score (nSPS) is 10.5. The van der Waals surface area contributed by atoms with Crippen molar-refractivity contribution in [2.75, 3.05) is 18.5 Å². The van der Waals surface area contributed by atoms with E-state index in [-0.39, 0.29) is 23.6 Å². The molecule has 0 aromatic carbocycles. The minimum absolute atomic E-state index is 0.121. The van der Waals surface area contributed by atoms with Crippen LogP contribution in [0.25, 0.3) is 0 Å². The van der Waals surface area contributed by atoms with Crippen molar-refractivity contribution >= 4 is 11.5 Å². The second-order valence-electron chi connectivity index (χ2n) is 4.53. The van der Waals surface area contributed by atoms with E-state index in [1.54, 1.807) is 18.3 Å². The van der Waals surface area contributed by atoms with E-state index in [2.05, 4.69) is 12.0 Å². The van der Waals surface area contributed by atoms with Gasteiger partial charge in [-0.25, -0.2) is 4.68 Å². The van der Waals surface area contributed by atoms with Gasteiger partial charge in [-0.2, -0.15) is 5.10 Å². The largest absolute Gasteiger partial charge is 0.461 e. The molecule has 0 amide bonds. The zero-order chi connectivity index (χ0) is 14.5. The van der Waals surface area contributed by atoms with Crippen LogP contribution in [-0.4, -0.2) is 29.2 Å². The SMILES string of the molecule is CCCN(C)c1cnn(CC(=O)c2ccco2)c(=O)c1. The fourth-order valence-electron chi connectivity index (χ4n) is 1.87. The first-order valence-electron chi connectivity index (χ1n) is 6.47. The number of carbonyl (C=O) groups is 1. The molecule has 0 unspecified atom stereocenters. The summed E-state index contributed by atoms with van der Waals surface area (Å²) in [7, 11) is 1.90. The number of furan rings is 1. The minimum Gasteiger partial charge on any atom is -0.461 e. The lowest BCUT2D eigenvalue weighted by atomic mass is 10.3. The smallest absolute Gasteiger partial charge is 0.269 e. The topological polar surface area (TPSA) is 68.3 Å². The van der Waals surface area contributed by atoms with Gasteiger partial charge in [0.05, 0.1) is 18.1 Å². The molecule has 0 atom stereocenters. The molecule has 0 fully saturated rings. The van der Waals surface area contributed by atoms with Crippen LogP contribution in [0.1, 0.15) is 23.9 Å². The number of ketones is 1. The Morgan fingerprint density at radius 1 is 1.50 bits per heavy atom. The van der Waals surface area contributed by atoms with Crippen molar-refractivity contribution in [3.8, 4) is 0 Å². The lowest BCUT2D eigenvalue weighted by Gasteiger charge is -2.17. The minimum atomic E-state index is -0.301. The molecular formula is C14H17N3O3. The number of aromatic nitrogens is 2. The maximum atomic E-state index is 11.9. The summed E-state index contributed by atoms with van der Waals surface area (Å²) >= 11 is 0. The van der Waals surface area contributed by atoms with Gasteiger partial charge in [-0.15, -0.1) is 0 Å². The molecule has 0 N–H and O–H groups in total. The van der Waals surface area contributed by atoms with Crippen molar-refractivity contribution in [2.24, 2.45) is 0 Å². The molecule has 6 heteroatoms. The Kier molecular flexibility index (Phi) is 4.34. The van der Waals surface area contributed by atoms with Crippen LogP contribution in [0.15, 0.2) is 39.9 Å². The van der Waals surface area contributed by atoms with Crippen molar-refractivity contribution in [2.45, 2.75) is 19.9 Å². The molecular weight excluding hydrogens is 258 g/mol. The first-order chi connectivity index (χ1) is 9.61. The van der Waals surface area contributed by atoms with Crippen molar-refractivity contribution in [1.82, 2.24) is 9.78 Å². The Labute approximate surface area is 116 Å². The standard InChI is InChI=1S/C14H17N3O3/c1-3-6-16(2)11-8-14(19)17(15-9-11)10-12(18)13-5-4-7-20-13/h4-5,7-9H,3,6,10H2,1-2H3. The number of anilines is 1. The molecule has 6 nitrogen and oxygen atoms in total. The molecule has 2 aromatic rings. The molecule has 0 aliphatic rings. The van der Waals surface area contributed by atoms with E-state index in [0.717, 1.165) is 23.3 Å². The first kappa shape index (κ1) is 14.0. The fraction of sp³-hybridized carbons (Fsp3) is 0.357. The molecule has 0 bridgehead atoms. The number of carbonyl (C=O) groups excluding carboxylic acids is 1. The third-order valence-corrected chi connectivity index (χ3v) is 2.94. The van der Waals surface area contributed by atoms with Crippen LogP contribution in [0.3, 0.4) is 0 Å². The third kappa shape index (κ3) is 3.14. The van der Waals surface area contributed by atoms with Crippen LogP contribution in [0, 0.1) is 0 Å². The zero-order valence-electron chi connectivity index (χ0n) is 11.6. The van der Waals surface area contributed by atoms with E-state index in [1.807, 2.05) is 11.9 Å². The molecule has 0 saturated heterocycles. The molecule has 2 rings (SSSR count). The van der Waals surface area contributed by atoms with Gasteiger partial charge in [0.2, 0.25) is 5.78 Å². The van der Waals surface area contributed by atoms with Crippen LogP contribution in [0.4, 0.5) is 5.69 Å². The lowest BCUT2D eigenvalue weighted by Crippen LogP contribution is -2.28. The molecule has 0 aliphatic heterocycles. The summed E-state index contributed by atoms with van der Waals surface area (Å²) in [4.78, 5) is 25.7. The third-order valence-electron chi connectivity index (χ3n) is 2.94. The van der Waals surface area contributed by atoms with Crippen LogP contribution >= 0.6 is 0 Å². The maximum absolute atomic E-state index is 11.9. The van der Waals surface area contributed by atoms with Gasteiger partial charge < -0.3 is 9.32 Å². The fourth-order valence-corrected chi connectivity index (χ4v) is 1.87. The summed E-state index contributed by atoms with van der Waals surface area (Å²) in [6.07, 6.45) is 4.00. The molecule has 0 radical (unpaired) electrons. The number of Topliss-reactive ketones (excluding diaryl/α,β-unsaturated/α-hetero) is 1. The van der Waals surface area contributed by atoms with Gasteiger partial charge in [0.15, 0.2) is 5.76 Å². The Balaban J connectivity index is 2.14. The molecule has 20 heavy (non-hydrogen) atoms. The Morgan fingerprint density at radius 2 is 2.30 bits per heavy atom. The molecule has 2 heterocycles. The van der Waals surface area contributed by atoms with Gasteiger partial charge in [-0.3, -0.25) is 9.59 Å². The average Bonchev–Trinajstić information content (AvgIpc) is 2.95. The summed E-state index contributed by atoms with van der Waals surface area (Å²) in [5.41, 5.74) is 0.448. The zero-order valence-corrected chi connectivity index (χ0v) is 11.6.